The first kappa shape index (κ1) is 26.2. The van der Waals surface area contributed by atoms with E-state index in [0.717, 1.165) is 4.90 Å². The zero-order chi connectivity index (χ0) is 25.4. The van der Waals surface area contributed by atoms with Crippen molar-refractivity contribution in [1.82, 2.24) is 0 Å². The molecule has 0 saturated heterocycles. The van der Waals surface area contributed by atoms with Gasteiger partial charge in [-0.05, 0) is 61.0 Å². The highest BCUT2D eigenvalue weighted by molar-refractivity contribution is 8.00. The topological polar surface area (TPSA) is 85.9 Å². The van der Waals surface area contributed by atoms with Gasteiger partial charge in [0.25, 0.3) is 5.91 Å². The third kappa shape index (κ3) is 6.83. The van der Waals surface area contributed by atoms with Crippen molar-refractivity contribution >= 4 is 46.6 Å². The fourth-order valence-electron chi connectivity index (χ4n) is 3.31. The van der Waals surface area contributed by atoms with E-state index in [4.69, 9.17) is 25.8 Å². The van der Waals surface area contributed by atoms with Crippen LogP contribution in [0, 0.1) is 0 Å². The van der Waals surface area contributed by atoms with E-state index < -0.39 is 0 Å². The van der Waals surface area contributed by atoms with Crippen LogP contribution in [-0.2, 0) is 4.79 Å². The molecule has 0 aliphatic rings. The Kier molecular flexibility index (Phi) is 9.28. The molecule has 0 spiro atoms. The molecule has 0 bridgehead atoms. The van der Waals surface area contributed by atoms with Gasteiger partial charge in [0.05, 0.1) is 32.3 Å². The molecule has 3 rings (SSSR count). The van der Waals surface area contributed by atoms with Gasteiger partial charge in [0.2, 0.25) is 5.91 Å². The highest BCUT2D eigenvalue weighted by Crippen LogP contribution is 2.32. The zero-order valence-corrected chi connectivity index (χ0v) is 21.5. The monoisotopic (exact) mass is 514 g/mol. The summed E-state index contributed by atoms with van der Waals surface area (Å²) < 4.78 is 15.8. The Morgan fingerprint density at radius 1 is 0.886 bits per heavy atom. The summed E-state index contributed by atoms with van der Waals surface area (Å²) in [6.07, 6.45) is 0.599. The van der Waals surface area contributed by atoms with Gasteiger partial charge in [0, 0.05) is 21.2 Å². The Labute approximate surface area is 214 Å². The van der Waals surface area contributed by atoms with Crippen molar-refractivity contribution in [3.05, 3.63) is 71.2 Å². The van der Waals surface area contributed by atoms with E-state index in [0.29, 0.717) is 45.6 Å². The Morgan fingerprint density at radius 2 is 1.60 bits per heavy atom. The third-order valence-corrected chi connectivity index (χ3v) is 6.69. The first-order chi connectivity index (χ1) is 16.9. The molecule has 0 fully saturated rings. The van der Waals surface area contributed by atoms with E-state index in [2.05, 4.69) is 10.6 Å². The second-order valence-corrected chi connectivity index (χ2v) is 9.11. The molecule has 9 heteroatoms. The van der Waals surface area contributed by atoms with Crippen molar-refractivity contribution in [3.63, 3.8) is 0 Å². The van der Waals surface area contributed by atoms with Gasteiger partial charge < -0.3 is 24.8 Å². The lowest BCUT2D eigenvalue weighted by molar-refractivity contribution is -0.115. The summed E-state index contributed by atoms with van der Waals surface area (Å²) in [4.78, 5) is 26.6. The van der Waals surface area contributed by atoms with Crippen LogP contribution in [0.15, 0.2) is 65.6 Å². The van der Waals surface area contributed by atoms with Crippen LogP contribution in [-0.4, -0.2) is 38.4 Å². The molecule has 0 heterocycles. The molecule has 35 heavy (non-hydrogen) atoms. The Hall–Kier alpha value is -3.36. The second kappa shape index (κ2) is 12.4. The van der Waals surface area contributed by atoms with Gasteiger partial charge in [-0.2, -0.15) is 0 Å². The van der Waals surface area contributed by atoms with Crippen molar-refractivity contribution in [2.75, 3.05) is 32.0 Å². The molecule has 0 radical (unpaired) electrons. The number of methoxy groups -OCH3 is 3. The number of amides is 2. The summed E-state index contributed by atoms with van der Waals surface area (Å²) >= 11 is 7.48. The average molecular weight is 515 g/mol. The van der Waals surface area contributed by atoms with Gasteiger partial charge in [-0.1, -0.05) is 24.6 Å². The van der Waals surface area contributed by atoms with Gasteiger partial charge in [0.15, 0.2) is 11.5 Å². The predicted molar refractivity (Wildman–Crippen MR) is 141 cm³/mol. The van der Waals surface area contributed by atoms with Crippen LogP contribution in [0.3, 0.4) is 0 Å². The maximum atomic E-state index is 13.0. The lowest BCUT2D eigenvalue weighted by Gasteiger charge is -2.17. The number of anilines is 2. The minimum absolute atomic E-state index is 0.169. The van der Waals surface area contributed by atoms with Crippen LogP contribution >= 0.6 is 23.4 Å². The SMILES string of the molecule is CCC(Sc1cccc(NC(=O)c2ccc(OC)c(OC)c2)c1)C(=O)Nc1cc(Cl)ccc1OC. The maximum Gasteiger partial charge on any atom is 0.255 e. The molecule has 0 saturated carbocycles. The molecule has 2 amide bonds. The first-order valence-electron chi connectivity index (χ1n) is 10.8. The maximum absolute atomic E-state index is 13.0. The molecular weight excluding hydrogens is 488 g/mol. The molecule has 1 unspecified atom stereocenters. The first-order valence-corrected chi connectivity index (χ1v) is 12.1. The number of halogens is 1. The minimum Gasteiger partial charge on any atom is -0.495 e. The fourth-order valence-corrected chi connectivity index (χ4v) is 4.49. The number of hydrogen-bond acceptors (Lipinski definition) is 6. The predicted octanol–water partition coefficient (Wildman–Crippen LogP) is 6.13. The van der Waals surface area contributed by atoms with Crippen LogP contribution in [0.5, 0.6) is 17.2 Å². The summed E-state index contributed by atoms with van der Waals surface area (Å²) in [6.45, 7) is 1.94. The Balaban J connectivity index is 1.70. The fraction of sp³-hybridized carbons (Fsp3) is 0.231. The van der Waals surface area contributed by atoms with Crippen LogP contribution in [0.2, 0.25) is 5.02 Å². The van der Waals surface area contributed by atoms with Crippen LogP contribution in [0.4, 0.5) is 11.4 Å². The summed E-state index contributed by atoms with van der Waals surface area (Å²) in [5, 5.41) is 5.92. The zero-order valence-electron chi connectivity index (χ0n) is 19.9. The number of thioether (sulfide) groups is 1. The van der Waals surface area contributed by atoms with E-state index in [1.165, 1.54) is 33.1 Å². The molecule has 3 aromatic carbocycles. The third-order valence-electron chi connectivity index (χ3n) is 5.10. The van der Waals surface area contributed by atoms with Gasteiger partial charge in [-0.25, -0.2) is 0 Å². The quantitative estimate of drug-likeness (QED) is 0.317. The van der Waals surface area contributed by atoms with E-state index in [1.807, 2.05) is 25.1 Å². The lowest BCUT2D eigenvalue weighted by atomic mass is 10.2. The molecule has 3 aromatic rings. The molecule has 0 aliphatic heterocycles. The largest absolute Gasteiger partial charge is 0.495 e. The van der Waals surface area contributed by atoms with E-state index >= 15 is 0 Å². The van der Waals surface area contributed by atoms with Gasteiger partial charge in [-0.15, -0.1) is 11.8 Å². The van der Waals surface area contributed by atoms with Gasteiger partial charge in [-0.3, -0.25) is 9.59 Å². The second-order valence-electron chi connectivity index (χ2n) is 7.40. The van der Waals surface area contributed by atoms with Crippen molar-refractivity contribution in [3.8, 4) is 17.2 Å². The van der Waals surface area contributed by atoms with Crippen LogP contribution in [0.25, 0.3) is 0 Å². The highest BCUT2D eigenvalue weighted by Gasteiger charge is 2.20. The average Bonchev–Trinajstić information content (AvgIpc) is 2.87. The van der Waals surface area contributed by atoms with Crippen molar-refractivity contribution in [2.45, 2.75) is 23.5 Å². The summed E-state index contributed by atoms with van der Waals surface area (Å²) in [7, 11) is 4.59. The van der Waals surface area contributed by atoms with Crippen molar-refractivity contribution in [2.24, 2.45) is 0 Å². The normalized spacial score (nSPS) is 11.3. The van der Waals surface area contributed by atoms with E-state index in [1.54, 1.807) is 42.5 Å². The smallest absolute Gasteiger partial charge is 0.255 e. The summed E-state index contributed by atoms with van der Waals surface area (Å²) in [5.74, 6) is 1.09. The number of carbonyl (C=O) groups excluding carboxylic acids is 2. The summed E-state index contributed by atoms with van der Waals surface area (Å²) in [5.41, 5.74) is 1.56. The molecule has 7 nitrogen and oxygen atoms in total. The van der Waals surface area contributed by atoms with Crippen LogP contribution < -0.4 is 24.8 Å². The Morgan fingerprint density at radius 3 is 2.29 bits per heavy atom. The number of rotatable bonds is 10. The number of nitrogens with one attached hydrogen (secondary N) is 2. The summed E-state index contributed by atoms with van der Waals surface area (Å²) in [6, 6.07) is 17.4. The van der Waals surface area contributed by atoms with Crippen molar-refractivity contribution in [1.29, 1.82) is 0 Å². The van der Waals surface area contributed by atoms with E-state index in [-0.39, 0.29) is 17.1 Å². The Bertz CT molecular complexity index is 1200. The number of carbonyl (C=O) groups is 2. The molecule has 0 aromatic heterocycles. The highest BCUT2D eigenvalue weighted by atomic mass is 35.5. The number of benzene rings is 3. The number of ether oxygens (including phenoxy) is 3. The molecule has 0 aliphatic carbocycles. The molecule has 184 valence electrons. The molecule has 2 N–H and O–H groups in total. The van der Waals surface area contributed by atoms with E-state index in [9.17, 15) is 9.59 Å². The molecular formula is C26H27ClN2O5S. The van der Waals surface area contributed by atoms with Gasteiger partial charge >= 0.3 is 0 Å². The lowest BCUT2D eigenvalue weighted by Crippen LogP contribution is -2.24. The number of hydrogen-bond donors (Lipinski definition) is 2. The van der Waals surface area contributed by atoms with Gasteiger partial charge in [0.1, 0.15) is 5.75 Å². The molecule has 1 atom stereocenters. The van der Waals surface area contributed by atoms with Crippen LogP contribution in [0.1, 0.15) is 23.7 Å². The minimum atomic E-state index is -0.365. The standard InChI is InChI=1S/C26H27ClN2O5S/c1-5-24(26(31)29-20-14-17(27)10-12-21(20)32-2)35-19-8-6-7-18(15-19)28-25(30)16-9-11-22(33-3)23(13-16)34-4/h6-15,24H,5H2,1-4H3,(H,28,30)(H,29,31). The van der Waals surface area contributed by atoms with Crippen molar-refractivity contribution < 1.29 is 23.8 Å².